The van der Waals surface area contributed by atoms with E-state index in [1.807, 2.05) is 6.92 Å². The second-order valence-corrected chi connectivity index (χ2v) is 13.2. The highest BCUT2D eigenvalue weighted by molar-refractivity contribution is 7.86. The van der Waals surface area contributed by atoms with Crippen molar-refractivity contribution in [2.75, 3.05) is 41.7 Å². The SMILES string of the molecule is C=CCC[C@H](OS(=O)(=O)c1ccc(C)cc1)[C@H](CC[C@H](OCOC)[C@H](CCCCCCCCCCCC)OCOC)OCOC. The van der Waals surface area contributed by atoms with E-state index >= 15 is 0 Å². The molecule has 1 rings (SSSR count). The number of hydrogen-bond acceptors (Lipinski definition) is 9. The quantitative estimate of drug-likeness (QED) is 0.0339. The van der Waals surface area contributed by atoms with Crippen molar-refractivity contribution >= 4 is 10.1 Å². The van der Waals surface area contributed by atoms with Gasteiger partial charge in [-0.15, -0.1) is 6.58 Å². The Kier molecular flexibility index (Phi) is 24.7. The van der Waals surface area contributed by atoms with Crippen molar-refractivity contribution in [2.45, 2.75) is 139 Å². The molecule has 0 saturated heterocycles. The molecule has 1 aromatic carbocycles. The van der Waals surface area contributed by atoms with Crippen LogP contribution in [0.15, 0.2) is 41.8 Å². The fraction of sp³-hybridized carbons (Fsp3) is 0.771. The predicted octanol–water partition coefficient (Wildman–Crippen LogP) is 8.09. The Bertz CT molecular complexity index is 939. The summed E-state index contributed by atoms with van der Waals surface area (Å²) in [6.45, 7) is 8.22. The van der Waals surface area contributed by atoms with E-state index in [2.05, 4.69) is 13.5 Å². The molecular formula is C35H62O9S. The Balaban J connectivity index is 2.94. The van der Waals surface area contributed by atoms with Gasteiger partial charge in [0.05, 0.1) is 23.2 Å². The van der Waals surface area contributed by atoms with Crippen LogP contribution in [0, 0.1) is 6.92 Å². The van der Waals surface area contributed by atoms with E-state index in [-0.39, 0.29) is 37.5 Å². The third kappa shape index (κ3) is 19.1. The Morgan fingerprint density at radius 2 is 1.09 bits per heavy atom. The zero-order valence-electron chi connectivity index (χ0n) is 28.7. The highest BCUT2D eigenvalue weighted by Gasteiger charge is 2.32. The molecule has 0 bridgehead atoms. The molecule has 0 radical (unpaired) electrons. The smallest absolute Gasteiger partial charge is 0.297 e. The maximum atomic E-state index is 13.3. The van der Waals surface area contributed by atoms with Crippen LogP contribution in [-0.4, -0.2) is 74.5 Å². The van der Waals surface area contributed by atoms with E-state index in [1.165, 1.54) is 58.5 Å². The van der Waals surface area contributed by atoms with Gasteiger partial charge in [-0.3, -0.25) is 4.18 Å². The maximum Gasteiger partial charge on any atom is 0.297 e. The van der Waals surface area contributed by atoms with Crippen LogP contribution < -0.4 is 0 Å². The predicted molar refractivity (Wildman–Crippen MR) is 179 cm³/mol. The lowest BCUT2D eigenvalue weighted by Crippen LogP contribution is -2.38. The number of unbranched alkanes of at least 4 members (excludes halogenated alkanes) is 9. The Labute approximate surface area is 274 Å². The summed E-state index contributed by atoms with van der Waals surface area (Å²) in [4.78, 5) is 0.105. The summed E-state index contributed by atoms with van der Waals surface area (Å²) in [6.07, 6.45) is 15.2. The van der Waals surface area contributed by atoms with Crippen molar-refractivity contribution in [1.82, 2.24) is 0 Å². The van der Waals surface area contributed by atoms with E-state index in [0.29, 0.717) is 25.7 Å². The van der Waals surface area contributed by atoms with Crippen LogP contribution in [0.2, 0.25) is 0 Å². The minimum Gasteiger partial charge on any atom is -0.359 e. The molecule has 0 N–H and O–H groups in total. The molecule has 9 nitrogen and oxygen atoms in total. The van der Waals surface area contributed by atoms with Crippen molar-refractivity contribution in [3.05, 3.63) is 42.5 Å². The van der Waals surface area contributed by atoms with Gasteiger partial charge in [-0.05, 0) is 51.2 Å². The summed E-state index contributed by atoms with van der Waals surface area (Å²) in [5.74, 6) is 0. The van der Waals surface area contributed by atoms with E-state index < -0.39 is 22.3 Å². The number of allylic oxidation sites excluding steroid dienone is 1. The molecule has 0 aromatic heterocycles. The van der Waals surface area contributed by atoms with Crippen LogP contribution in [0.25, 0.3) is 0 Å². The van der Waals surface area contributed by atoms with E-state index in [4.69, 9.17) is 32.6 Å². The maximum absolute atomic E-state index is 13.3. The summed E-state index contributed by atoms with van der Waals surface area (Å²) < 4.78 is 66.3. The molecule has 0 saturated carbocycles. The molecule has 0 aliphatic rings. The average molecular weight is 659 g/mol. The zero-order valence-corrected chi connectivity index (χ0v) is 29.5. The van der Waals surface area contributed by atoms with Gasteiger partial charge in [0.25, 0.3) is 10.1 Å². The van der Waals surface area contributed by atoms with Crippen LogP contribution in [0.5, 0.6) is 0 Å². The first kappa shape index (κ1) is 41.7. The monoisotopic (exact) mass is 658 g/mol. The second-order valence-electron chi connectivity index (χ2n) is 11.7. The highest BCUT2D eigenvalue weighted by Crippen LogP contribution is 2.26. The zero-order chi connectivity index (χ0) is 33.2. The number of hydrogen-bond donors (Lipinski definition) is 0. The Hall–Kier alpha value is -1.37. The van der Waals surface area contributed by atoms with Crippen molar-refractivity contribution < 1.29 is 41.0 Å². The fourth-order valence-electron chi connectivity index (χ4n) is 5.26. The van der Waals surface area contributed by atoms with Crippen molar-refractivity contribution in [3.63, 3.8) is 0 Å². The lowest BCUT2D eigenvalue weighted by Gasteiger charge is -2.31. The molecule has 0 unspecified atom stereocenters. The van der Waals surface area contributed by atoms with Crippen molar-refractivity contribution in [3.8, 4) is 0 Å². The molecule has 0 aliphatic heterocycles. The van der Waals surface area contributed by atoms with Gasteiger partial charge in [0.15, 0.2) is 0 Å². The molecule has 0 heterocycles. The summed E-state index contributed by atoms with van der Waals surface area (Å²) in [5, 5.41) is 0. The standard InChI is InChI=1S/C35H62O9S/c1-7-9-11-12-13-14-15-16-17-18-20-32(41-27-38-4)33(42-28-39-5)25-26-34(43-29-40-6)35(19-10-8-2)44-45(36,37)31-23-21-30(3)22-24-31/h8,21-24,32-35H,2,7,9-20,25-29H2,1,3-6H3/t32-,33-,34-,35-/m0/s1. The number of methoxy groups -OCH3 is 3. The van der Waals surface area contributed by atoms with Gasteiger partial charge in [0.2, 0.25) is 0 Å². The summed E-state index contributed by atoms with van der Waals surface area (Å²) in [6, 6.07) is 6.61. The Morgan fingerprint density at radius 3 is 1.56 bits per heavy atom. The van der Waals surface area contributed by atoms with Gasteiger partial charge in [-0.2, -0.15) is 8.42 Å². The molecule has 1 aromatic rings. The van der Waals surface area contributed by atoms with Crippen LogP contribution >= 0.6 is 0 Å². The molecule has 0 aliphatic carbocycles. The fourth-order valence-corrected chi connectivity index (χ4v) is 6.38. The van der Waals surface area contributed by atoms with Crippen LogP contribution in [-0.2, 0) is 42.7 Å². The third-order valence-electron chi connectivity index (χ3n) is 7.82. The van der Waals surface area contributed by atoms with Gasteiger partial charge < -0.3 is 28.4 Å². The topological polar surface area (TPSA) is 98.8 Å². The van der Waals surface area contributed by atoms with Crippen molar-refractivity contribution in [1.29, 1.82) is 0 Å². The minimum atomic E-state index is -4.03. The molecule has 4 atom stereocenters. The van der Waals surface area contributed by atoms with Crippen LogP contribution in [0.4, 0.5) is 0 Å². The third-order valence-corrected chi connectivity index (χ3v) is 9.17. The number of rotatable bonds is 31. The van der Waals surface area contributed by atoms with Crippen LogP contribution in [0.3, 0.4) is 0 Å². The molecular weight excluding hydrogens is 596 g/mol. The number of benzene rings is 1. The molecule has 0 amide bonds. The first-order valence-corrected chi connectivity index (χ1v) is 18.2. The average Bonchev–Trinajstić information content (AvgIpc) is 3.03. The van der Waals surface area contributed by atoms with E-state index in [9.17, 15) is 8.42 Å². The highest BCUT2D eigenvalue weighted by atomic mass is 32.2. The van der Waals surface area contributed by atoms with Gasteiger partial charge in [-0.1, -0.05) is 94.9 Å². The van der Waals surface area contributed by atoms with Gasteiger partial charge in [0.1, 0.15) is 26.5 Å². The molecule has 0 fully saturated rings. The van der Waals surface area contributed by atoms with E-state index in [1.54, 1.807) is 44.6 Å². The van der Waals surface area contributed by atoms with Crippen LogP contribution in [0.1, 0.15) is 109 Å². The molecule has 262 valence electrons. The molecule has 45 heavy (non-hydrogen) atoms. The Morgan fingerprint density at radius 1 is 0.644 bits per heavy atom. The minimum absolute atomic E-state index is 0.00496. The normalized spacial score (nSPS) is 14.7. The number of aryl methyl sites for hydroxylation is 1. The van der Waals surface area contributed by atoms with E-state index in [0.717, 1.165) is 24.8 Å². The summed E-state index contributed by atoms with van der Waals surface area (Å²) in [5.41, 5.74) is 0.962. The van der Waals surface area contributed by atoms with Gasteiger partial charge >= 0.3 is 0 Å². The number of ether oxygens (including phenoxy) is 6. The molecule has 10 heteroatoms. The first-order chi connectivity index (χ1) is 21.8. The van der Waals surface area contributed by atoms with Gasteiger partial charge in [-0.25, -0.2) is 0 Å². The summed E-state index contributed by atoms with van der Waals surface area (Å²) >= 11 is 0. The summed E-state index contributed by atoms with van der Waals surface area (Å²) in [7, 11) is 0.691. The largest absolute Gasteiger partial charge is 0.359 e. The lowest BCUT2D eigenvalue weighted by atomic mass is 9.97. The first-order valence-electron chi connectivity index (χ1n) is 16.7. The van der Waals surface area contributed by atoms with Gasteiger partial charge in [0, 0.05) is 21.3 Å². The second kappa shape index (κ2) is 26.7. The lowest BCUT2D eigenvalue weighted by molar-refractivity contribution is -0.167. The van der Waals surface area contributed by atoms with Crippen molar-refractivity contribution in [2.24, 2.45) is 0 Å². The molecule has 0 spiro atoms.